The van der Waals surface area contributed by atoms with E-state index in [1.807, 2.05) is 4.90 Å². The van der Waals surface area contributed by atoms with Gasteiger partial charge >= 0.3 is 12.2 Å². The van der Waals surface area contributed by atoms with Gasteiger partial charge in [-0.1, -0.05) is 0 Å². The molecule has 198 valence electrons. The Labute approximate surface area is 211 Å². The highest BCUT2D eigenvalue weighted by Gasteiger charge is 2.42. The number of urea groups is 1. The number of sulfonamides is 1. The van der Waals surface area contributed by atoms with Crippen molar-refractivity contribution in [1.82, 2.24) is 19.5 Å². The minimum absolute atomic E-state index is 0.114. The van der Waals surface area contributed by atoms with Gasteiger partial charge in [-0.25, -0.2) is 18.2 Å². The van der Waals surface area contributed by atoms with Gasteiger partial charge in [0.15, 0.2) is 0 Å². The number of piperazine rings is 1. The highest BCUT2D eigenvalue weighted by Crippen LogP contribution is 2.30. The van der Waals surface area contributed by atoms with Crippen LogP contribution in [-0.2, 0) is 21.0 Å². The van der Waals surface area contributed by atoms with Crippen molar-refractivity contribution in [3.05, 3.63) is 48.2 Å². The minimum Gasteiger partial charge on any atom is -0.367 e. The molecule has 0 saturated carbocycles. The summed E-state index contributed by atoms with van der Waals surface area (Å²) < 4.78 is 65.9. The number of nitrogens with one attached hydrogen (secondary N) is 2. The molecule has 4 heterocycles. The molecule has 5 rings (SSSR count). The van der Waals surface area contributed by atoms with Crippen molar-refractivity contribution in [1.29, 1.82) is 0 Å². The van der Waals surface area contributed by atoms with Crippen LogP contribution < -0.4 is 15.5 Å². The van der Waals surface area contributed by atoms with Crippen LogP contribution in [0.25, 0.3) is 0 Å². The lowest BCUT2D eigenvalue weighted by atomic mass is 10.1. The first-order chi connectivity index (χ1) is 17.5. The van der Waals surface area contributed by atoms with Crippen molar-refractivity contribution in [2.45, 2.75) is 36.0 Å². The number of aromatic nitrogens is 1. The van der Waals surface area contributed by atoms with Crippen molar-refractivity contribution < 1.29 is 31.2 Å². The van der Waals surface area contributed by atoms with Crippen LogP contribution in [0.5, 0.6) is 0 Å². The number of alkyl halides is 3. The Morgan fingerprint density at radius 2 is 1.68 bits per heavy atom. The van der Waals surface area contributed by atoms with Crippen molar-refractivity contribution in [2.24, 2.45) is 0 Å². The highest BCUT2D eigenvalue weighted by atomic mass is 32.2. The molecule has 1 aromatic carbocycles. The van der Waals surface area contributed by atoms with Gasteiger partial charge < -0.3 is 15.1 Å². The smallest absolute Gasteiger partial charge is 0.367 e. The van der Waals surface area contributed by atoms with E-state index in [0.29, 0.717) is 38.3 Å². The Hall–Kier alpha value is -3.39. The summed E-state index contributed by atoms with van der Waals surface area (Å²) in [6.07, 6.45) is -2.72. The van der Waals surface area contributed by atoms with Crippen LogP contribution in [-0.4, -0.2) is 79.4 Å². The van der Waals surface area contributed by atoms with E-state index in [2.05, 4.69) is 15.6 Å². The van der Waals surface area contributed by atoms with Crippen molar-refractivity contribution >= 4 is 33.5 Å². The normalized spacial score (nSPS) is 21.6. The lowest BCUT2D eigenvalue weighted by Gasteiger charge is -2.37. The molecule has 10 nitrogen and oxygen atoms in total. The number of halogens is 3. The number of imide groups is 1. The summed E-state index contributed by atoms with van der Waals surface area (Å²) in [7, 11) is -3.73. The predicted molar refractivity (Wildman–Crippen MR) is 127 cm³/mol. The molecule has 3 aliphatic heterocycles. The third-order valence-corrected chi connectivity index (χ3v) is 8.82. The van der Waals surface area contributed by atoms with Crippen LogP contribution in [0.3, 0.4) is 0 Å². The quantitative estimate of drug-likeness (QED) is 0.561. The molecule has 0 aliphatic carbocycles. The van der Waals surface area contributed by atoms with E-state index in [-0.39, 0.29) is 36.0 Å². The fraction of sp³-hybridized carbons (Fsp3) is 0.435. The SMILES string of the molecule is O=C1NC(=O)N2CCN(c3ccc(S(=O)(=O)N4CCC(Nc5ccc(C(F)(F)F)cn5)CC4)cc3)CC12. The standard InChI is InChI=1S/C23H25F3N6O4S/c24-23(25,26)15-1-6-20(27-13-15)28-16-7-9-31(10-8-16)37(35,36)18-4-2-17(3-5-18)30-11-12-32-19(14-30)21(33)29-22(32)34/h1-6,13,16,19H,7-12,14H2,(H,27,28)(H,29,33,34). The van der Waals surface area contributed by atoms with Gasteiger partial charge in [-0.2, -0.15) is 17.5 Å². The maximum atomic E-state index is 13.2. The molecule has 2 aromatic rings. The number of piperidine rings is 1. The van der Waals surface area contributed by atoms with Crippen molar-refractivity contribution in [2.75, 3.05) is 42.9 Å². The van der Waals surface area contributed by atoms with Crippen LogP contribution in [0.2, 0.25) is 0 Å². The first kappa shape index (κ1) is 25.3. The van der Waals surface area contributed by atoms with Crippen molar-refractivity contribution in [3.8, 4) is 0 Å². The van der Waals surface area contributed by atoms with Crippen LogP contribution in [0.4, 0.5) is 29.5 Å². The van der Waals surface area contributed by atoms with E-state index >= 15 is 0 Å². The monoisotopic (exact) mass is 538 g/mol. The van der Waals surface area contributed by atoms with E-state index in [0.717, 1.165) is 18.0 Å². The van der Waals surface area contributed by atoms with Gasteiger partial charge in [-0.3, -0.25) is 10.1 Å². The maximum Gasteiger partial charge on any atom is 0.417 e. The second-order valence-electron chi connectivity index (χ2n) is 9.20. The zero-order valence-electron chi connectivity index (χ0n) is 19.6. The second-order valence-corrected chi connectivity index (χ2v) is 11.1. The summed E-state index contributed by atoms with van der Waals surface area (Å²) in [4.78, 5) is 31.2. The Bertz CT molecular complexity index is 1280. The molecule has 1 atom stereocenters. The molecule has 3 amide bonds. The molecule has 2 N–H and O–H groups in total. The third kappa shape index (κ3) is 5.07. The van der Waals surface area contributed by atoms with Crippen LogP contribution in [0.15, 0.2) is 47.5 Å². The largest absolute Gasteiger partial charge is 0.417 e. The fourth-order valence-corrected chi connectivity index (χ4v) is 6.29. The lowest BCUT2D eigenvalue weighted by Crippen LogP contribution is -2.53. The number of rotatable bonds is 5. The third-order valence-electron chi connectivity index (χ3n) is 6.91. The summed E-state index contributed by atoms with van der Waals surface area (Å²) in [6.45, 7) is 1.77. The van der Waals surface area contributed by atoms with E-state index in [9.17, 15) is 31.2 Å². The Morgan fingerprint density at radius 1 is 0.973 bits per heavy atom. The van der Waals surface area contributed by atoms with Crippen molar-refractivity contribution in [3.63, 3.8) is 0 Å². The minimum atomic E-state index is -4.45. The summed E-state index contributed by atoms with van der Waals surface area (Å²) in [5.41, 5.74) is -0.0657. The number of nitrogens with zero attached hydrogens (tertiary/aromatic N) is 4. The van der Waals surface area contributed by atoms with Gasteiger partial charge in [-0.05, 0) is 49.2 Å². The number of anilines is 2. The fourth-order valence-electron chi connectivity index (χ4n) is 4.82. The topological polar surface area (TPSA) is 115 Å². The number of carbonyl (C=O) groups is 2. The summed E-state index contributed by atoms with van der Waals surface area (Å²) in [5.74, 6) is -0.0222. The number of hydrogen-bond acceptors (Lipinski definition) is 7. The molecule has 0 spiro atoms. The molecule has 1 aromatic heterocycles. The Balaban J connectivity index is 1.17. The average molecular weight is 539 g/mol. The van der Waals surface area contributed by atoms with E-state index < -0.39 is 27.8 Å². The lowest BCUT2D eigenvalue weighted by molar-refractivity contribution is -0.137. The van der Waals surface area contributed by atoms with Gasteiger partial charge in [0.1, 0.15) is 11.9 Å². The molecular formula is C23H25F3N6O4S. The van der Waals surface area contributed by atoms with Crippen LogP contribution in [0.1, 0.15) is 18.4 Å². The Kier molecular flexibility index (Phi) is 6.48. The number of amides is 3. The summed E-state index contributed by atoms with van der Waals surface area (Å²) in [6, 6.07) is 7.63. The zero-order valence-corrected chi connectivity index (χ0v) is 20.4. The zero-order chi connectivity index (χ0) is 26.4. The molecular weight excluding hydrogens is 513 g/mol. The molecule has 14 heteroatoms. The van der Waals surface area contributed by atoms with Crippen LogP contribution in [0, 0.1) is 0 Å². The maximum absolute atomic E-state index is 13.2. The van der Waals surface area contributed by atoms with Gasteiger partial charge in [0.2, 0.25) is 10.0 Å². The first-order valence-corrected chi connectivity index (χ1v) is 13.2. The van der Waals surface area contributed by atoms with Gasteiger partial charge in [0.25, 0.3) is 5.91 Å². The van der Waals surface area contributed by atoms with E-state index in [4.69, 9.17) is 0 Å². The highest BCUT2D eigenvalue weighted by molar-refractivity contribution is 7.89. The average Bonchev–Trinajstić information content (AvgIpc) is 3.17. The number of hydrogen-bond donors (Lipinski definition) is 2. The van der Waals surface area contributed by atoms with Gasteiger partial charge in [0.05, 0.1) is 10.5 Å². The number of pyridine rings is 1. The molecule has 0 radical (unpaired) electrons. The number of carbonyl (C=O) groups excluding carboxylic acids is 2. The predicted octanol–water partition coefficient (Wildman–Crippen LogP) is 2.11. The molecule has 0 bridgehead atoms. The summed E-state index contributed by atoms with van der Waals surface area (Å²) in [5, 5.41) is 5.39. The van der Waals surface area contributed by atoms with Crippen LogP contribution >= 0.6 is 0 Å². The molecule has 37 heavy (non-hydrogen) atoms. The van der Waals surface area contributed by atoms with E-state index in [1.54, 1.807) is 12.1 Å². The number of benzene rings is 1. The first-order valence-electron chi connectivity index (χ1n) is 11.8. The van der Waals surface area contributed by atoms with Gasteiger partial charge in [0, 0.05) is 50.6 Å². The second kappa shape index (κ2) is 9.49. The Morgan fingerprint density at radius 3 is 2.30 bits per heavy atom. The summed E-state index contributed by atoms with van der Waals surface area (Å²) >= 11 is 0. The molecule has 3 aliphatic rings. The molecule has 3 saturated heterocycles. The van der Waals surface area contributed by atoms with Gasteiger partial charge in [-0.15, -0.1) is 0 Å². The number of fused-ring (bicyclic) bond motifs is 1. The molecule has 1 unspecified atom stereocenters. The van der Waals surface area contributed by atoms with E-state index in [1.165, 1.54) is 27.4 Å². The molecule has 3 fully saturated rings.